The quantitative estimate of drug-likeness (QED) is 0.839. The first kappa shape index (κ1) is 14.9. The Kier molecular flexibility index (Phi) is 4.65. The van der Waals surface area contributed by atoms with Crippen molar-refractivity contribution >= 4 is 11.6 Å². The number of amides is 1. The average molecular weight is 276 g/mol. The highest BCUT2D eigenvalue weighted by Crippen LogP contribution is 2.43. The summed E-state index contributed by atoms with van der Waals surface area (Å²) in [6.07, 6.45) is 3.87. The molecule has 1 aliphatic rings. The summed E-state index contributed by atoms with van der Waals surface area (Å²) in [6, 6.07) is 7.54. The van der Waals surface area contributed by atoms with Crippen LogP contribution < -0.4 is 15.8 Å². The van der Waals surface area contributed by atoms with E-state index in [9.17, 15) is 4.79 Å². The topological polar surface area (TPSA) is 64.3 Å². The van der Waals surface area contributed by atoms with Gasteiger partial charge in [0.1, 0.15) is 5.75 Å². The molecule has 20 heavy (non-hydrogen) atoms. The monoisotopic (exact) mass is 276 g/mol. The molecule has 1 amide bonds. The Morgan fingerprint density at radius 1 is 1.40 bits per heavy atom. The third-order valence-electron chi connectivity index (χ3n) is 3.91. The second-order valence-corrected chi connectivity index (χ2v) is 5.95. The van der Waals surface area contributed by atoms with Crippen molar-refractivity contribution in [2.45, 2.75) is 45.6 Å². The molecular formula is C16H24N2O2. The fraction of sp³-hybridized carbons (Fsp3) is 0.562. The number of anilines is 1. The Labute approximate surface area is 120 Å². The van der Waals surface area contributed by atoms with E-state index in [0.717, 1.165) is 18.5 Å². The number of hydrogen-bond acceptors (Lipinski definition) is 3. The molecule has 0 heterocycles. The van der Waals surface area contributed by atoms with Crippen LogP contribution in [0.5, 0.6) is 5.75 Å². The zero-order valence-corrected chi connectivity index (χ0v) is 12.3. The summed E-state index contributed by atoms with van der Waals surface area (Å²) >= 11 is 0. The number of carbonyl (C=O) groups excluding carboxylic acids is 1. The van der Waals surface area contributed by atoms with Crippen molar-refractivity contribution in [1.29, 1.82) is 0 Å². The van der Waals surface area contributed by atoms with Gasteiger partial charge in [-0.3, -0.25) is 4.79 Å². The van der Waals surface area contributed by atoms with Gasteiger partial charge in [-0.1, -0.05) is 18.6 Å². The van der Waals surface area contributed by atoms with Crippen molar-refractivity contribution in [1.82, 2.24) is 0 Å². The SMILES string of the molecule is CC(C)Oc1ccccc1NC(=O)CC1(CN)CCC1. The average Bonchev–Trinajstić information content (AvgIpc) is 2.36. The van der Waals surface area contributed by atoms with Crippen molar-refractivity contribution < 1.29 is 9.53 Å². The van der Waals surface area contributed by atoms with Gasteiger partial charge in [-0.15, -0.1) is 0 Å². The van der Waals surface area contributed by atoms with Crippen molar-refractivity contribution in [3.05, 3.63) is 24.3 Å². The summed E-state index contributed by atoms with van der Waals surface area (Å²) in [5, 5.41) is 2.95. The molecule has 0 atom stereocenters. The lowest BCUT2D eigenvalue weighted by Crippen LogP contribution is -2.40. The molecular weight excluding hydrogens is 252 g/mol. The van der Waals surface area contributed by atoms with Crippen LogP contribution in [-0.2, 0) is 4.79 Å². The largest absolute Gasteiger partial charge is 0.489 e. The minimum Gasteiger partial charge on any atom is -0.489 e. The van der Waals surface area contributed by atoms with Crippen LogP contribution >= 0.6 is 0 Å². The Hall–Kier alpha value is -1.55. The number of nitrogens with two attached hydrogens (primary N) is 1. The van der Waals surface area contributed by atoms with Gasteiger partial charge in [-0.2, -0.15) is 0 Å². The van der Waals surface area contributed by atoms with Crippen molar-refractivity contribution in [2.24, 2.45) is 11.1 Å². The molecule has 1 saturated carbocycles. The van der Waals surface area contributed by atoms with Crippen LogP contribution in [0.25, 0.3) is 0 Å². The lowest BCUT2D eigenvalue weighted by molar-refractivity contribution is -0.119. The molecule has 1 aliphatic carbocycles. The smallest absolute Gasteiger partial charge is 0.225 e. The number of ether oxygens (including phenoxy) is 1. The molecule has 1 aromatic rings. The Morgan fingerprint density at radius 2 is 2.10 bits per heavy atom. The van der Waals surface area contributed by atoms with Crippen LogP contribution in [-0.4, -0.2) is 18.6 Å². The van der Waals surface area contributed by atoms with Gasteiger partial charge in [0.2, 0.25) is 5.91 Å². The van der Waals surface area contributed by atoms with Crippen LogP contribution in [0.2, 0.25) is 0 Å². The first-order valence-electron chi connectivity index (χ1n) is 7.30. The van der Waals surface area contributed by atoms with E-state index in [4.69, 9.17) is 10.5 Å². The highest BCUT2D eigenvalue weighted by atomic mass is 16.5. The van der Waals surface area contributed by atoms with E-state index in [1.54, 1.807) is 0 Å². The minimum absolute atomic E-state index is 0.0231. The van der Waals surface area contributed by atoms with E-state index >= 15 is 0 Å². The molecule has 0 aromatic heterocycles. The van der Waals surface area contributed by atoms with Crippen LogP contribution in [0.3, 0.4) is 0 Å². The summed E-state index contributed by atoms with van der Waals surface area (Å²) in [5.41, 5.74) is 6.56. The maximum absolute atomic E-state index is 12.2. The lowest BCUT2D eigenvalue weighted by Gasteiger charge is -2.40. The number of nitrogens with one attached hydrogen (secondary N) is 1. The third kappa shape index (κ3) is 3.51. The highest BCUT2D eigenvalue weighted by molar-refractivity contribution is 5.92. The summed E-state index contributed by atoms with van der Waals surface area (Å²) in [4.78, 5) is 12.2. The van der Waals surface area contributed by atoms with Gasteiger partial charge in [0, 0.05) is 6.42 Å². The molecule has 2 rings (SSSR count). The number of rotatable bonds is 6. The summed E-state index contributed by atoms with van der Waals surface area (Å²) in [6.45, 7) is 4.53. The molecule has 0 aliphatic heterocycles. The normalized spacial score (nSPS) is 16.6. The molecule has 0 bridgehead atoms. The zero-order chi connectivity index (χ0) is 14.6. The molecule has 0 unspecified atom stereocenters. The van der Waals surface area contributed by atoms with E-state index in [0.29, 0.717) is 18.7 Å². The summed E-state index contributed by atoms with van der Waals surface area (Å²) in [7, 11) is 0. The molecule has 4 heteroatoms. The third-order valence-corrected chi connectivity index (χ3v) is 3.91. The zero-order valence-electron chi connectivity index (χ0n) is 12.3. The van der Waals surface area contributed by atoms with Crippen molar-refractivity contribution in [3.8, 4) is 5.75 Å². The Balaban J connectivity index is 2.00. The number of benzene rings is 1. The van der Waals surface area contributed by atoms with Gasteiger partial charge >= 0.3 is 0 Å². The van der Waals surface area contributed by atoms with Crippen molar-refractivity contribution in [3.63, 3.8) is 0 Å². The van der Waals surface area contributed by atoms with E-state index in [2.05, 4.69) is 5.32 Å². The van der Waals surface area contributed by atoms with Crippen molar-refractivity contribution in [2.75, 3.05) is 11.9 Å². The second kappa shape index (κ2) is 6.27. The molecule has 3 N–H and O–H groups in total. The van der Waals surface area contributed by atoms with Crippen LogP contribution in [0.1, 0.15) is 39.5 Å². The van der Waals surface area contributed by atoms with Gasteiger partial charge in [0.05, 0.1) is 11.8 Å². The Bertz CT molecular complexity index is 462. The first-order valence-corrected chi connectivity index (χ1v) is 7.30. The fourth-order valence-electron chi connectivity index (χ4n) is 2.59. The highest BCUT2D eigenvalue weighted by Gasteiger charge is 2.37. The summed E-state index contributed by atoms with van der Waals surface area (Å²) in [5.74, 6) is 0.737. The molecule has 1 fully saturated rings. The van der Waals surface area contributed by atoms with Gasteiger partial charge in [0.15, 0.2) is 0 Å². The standard InChI is InChI=1S/C16H24N2O2/c1-12(2)20-14-7-4-3-6-13(14)18-15(19)10-16(11-17)8-5-9-16/h3-4,6-7,12H,5,8-11,17H2,1-2H3,(H,18,19). The number of hydrogen-bond donors (Lipinski definition) is 2. The van der Waals surface area contributed by atoms with E-state index < -0.39 is 0 Å². The van der Waals surface area contributed by atoms with Gasteiger partial charge in [-0.25, -0.2) is 0 Å². The number of carbonyl (C=O) groups is 1. The maximum Gasteiger partial charge on any atom is 0.225 e. The first-order chi connectivity index (χ1) is 9.54. The molecule has 0 spiro atoms. The van der Waals surface area contributed by atoms with Gasteiger partial charge < -0.3 is 15.8 Å². The predicted octanol–water partition coefficient (Wildman–Crippen LogP) is 2.93. The van der Waals surface area contributed by atoms with E-state index in [1.165, 1.54) is 6.42 Å². The molecule has 0 saturated heterocycles. The maximum atomic E-state index is 12.2. The number of para-hydroxylation sites is 2. The predicted molar refractivity (Wildman–Crippen MR) is 80.8 cm³/mol. The Morgan fingerprint density at radius 3 is 2.65 bits per heavy atom. The lowest BCUT2D eigenvalue weighted by atomic mass is 9.66. The minimum atomic E-state index is 0.0231. The van der Waals surface area contributed by atoms with Crippen LogP contribution in [0.4, 0.5) is 5.69 Å². The second-order valence-electron chi connectivity index (χ2n) is 5.95. The molecule has 0 radical (unpaired) electrons. The fourth-order valence-corrected chi connectivity index (χ4v) is 2.59. The van der Waals surface area contributed by atoms with E-state index in [1.807, 2.05) is 38.1 Å². The van der Waals surface area contributed by atoms with E-state index in [-0.39, 0.29) is 17.4 Å². The van der Waals surface area contributed by atoms with Gasteiger partial charge in [-0.05, 0) is 50.8 Å². The van der Waals surface area contributed by atoms with Crippen LogP contribution in [0, 0.1) is 5.41 Å². The molecule has 4 nitrogen and oxygen atoms in total. The van der Waals surface area contributed by atoms with Gasteiger partial charge in [0.25, 0.3) is 0 Å². The molecule has 110 valence electrons. The molecule has 1 aromatic carbocycles. The summed E-state index contributed by atoms with van der Waals surface area (Å²) < 4.78 is 5.70. The van der Waals surface area contributed by atoms with Crippen LogP contribution in [0.15, 0.2) is 24.3 Å².